The van der Waals surface area contributed by atoms with Gasteiger partial charge < -0.3 is 15.2 Å². The Bertz CT molecular complexity index is 1200. The summed E-state index contributed by atoms with van der Waals surface area (Å²) < 4.78 is 6.49. The van der Waals surface area contributed by atoms with E-state index in [1.54, 1.807) is 51.4 Å². The number of nitrogens with zero attached hydrogens (tertiary/aromatic N) is 3. The first-order valence-corrected chi connectivity index (χ1v) is 9.92. The van der Waals surface area contributed by atoms with E-state index < -0.39 is 17.7 Å². The number of benzene rings is 1. The van der Waals surface area contributed by atoms with Crippen molar-refractivity contribution in [1.82, 2.24) is 20.1 Å². The third-order valence-electron chi connectivity index (χ3n) is 4.30. The predicted molar refractivity (Wildman–Crippen MR) is 123 cm³/mol. The van der Waals surface area contributed by atoms with Gasteiger partial charge in [-0.1, -0.05) is 12.1 Å². The molecule has 2 heterocycles. The number of nitrogens with one attached hydrogen (secondary N) is 1. The molecule has 0 unspecified atom stereocenters. The summed E-state index contributed by atoms with van der Waals surface area (Å²) in [7, 11) is 0. The molecule has 0 bridgehead atoms. The van der Waals surface area contributed by atoms with Gasteiger partial charge in [-0.15, -0.1) is 0 Å². The number of hydrogen-bond donors (Lipinski definition) is 2. The second-order valence-electron chi connectivity index (χ2n) is 8.16. The van der Waals surface area contributed by atoms with Crippen LogP contribution in [0.3, 0.4) is 0 Å². The maximum absolute atomic E-state index is 12.3. The van der Waals surface area contributed by atoms with Gasteiger partial charge in [0.1, 0.15) is 5.60 Å². The number of pyridine rings is 1. The first-order valence-electron chi connectivity index (χ1n) is 9.92. The molecule has 0 spiro atoms. The van der Waals surface area contributed by atoms with Crippen molar-refractivity contribution in [3.63, 3.8) is 0 Å². The monoisotopic (exact) mass is 443 g/mol. The number of ether oxygens (including phenoxy) is 1. The van der Waals surface area contributed by atoms with Gasteiger partial charge in [-0.3, -0.25) is 9.78 Å². The van der Waals surface area contributed by atoms with Gasteiger partial charge in [-0.25, -0.2) is 14.3 Å². The summed E-state index contributed by atoms with van der Waals surface area (Å²) in [6.07, 6.45) is 2.70. The first-order chi connectivity index (χ1) is 15.1. The molecule has 0 atom stereocenters. The SMILES string of the molecule is CC(C)(C)OC(=O)NCc1cncc(-c2ccc(=O)n(Cc3cccc(C(=O)O)c3)n2)c1.[Li]. The van der Waals surface area contributed by atoms with E-state index in [-0.39, 0.29) is 43.1 Å². The molecule has 0 aliphatic carbocycles. The Morgan fingerprint density at radius 2 is 1.85 bits per heavy atom. The molecular formula is C23H24LiN4O5. The quantitative estimate of drug-likeness (QED) is 0.562. The molecule has 0 aliphatic heterocycles. The van der Waals surface area contributed by atoms with Crippen molar-refractivity contribution in [1.29, 1.82) is 0 Å². The summed E-state index contributed by atoms with van der Waals surface area (Å²) in [5, 5.41) is 16.2. The maximum atomic E-state index is 12.3. The van der Waals surface area contributed by atoms with E-state index in [1.165, 1.54) is 22.9 Å². The fourth-order valence-electron chi connectivity index (χ4n) is 2.90. The van der Waals surface area contributed by atoms with Crippen LogP contribution in [0.5, 0.6) is 0 Å². The van der Waals surface area contributed by atoms with Crippen LogP contribution in [0, 0.1) is 0 Å². The molecule has 1 radical (unpaired) electrons. The van der Waals surface area contributed by atoms with E-state index in [0.717, 1.165) is 5.56 Å². The molecule has 0 aliphatic rings. The van der Waals surface area contributed by atoms with Crippen LogP contribution >= 0.6 is 0 Å². The standard InChI is InChI=1S/C23H24N4O5.Li/c1-23(2,3)32-22(31)25-12-16-10-18(13-24-11-16)19-7-8-20(28)27(26-19)14-15-5-4-6-17(9-15)21(29)30;/h4-11,13H,12,14H2,1-3H3,(H,25,31)(H,29,30);. The Hall–Kier alpha value is -3.41. The summed E-state index contributed by atoms with van der Waals surface area (Å²) in [5.74, 6) is -1.04. The van der Waals surface area contributed by atoms with Gasteiger partial charge in [0.05, 0.1) is 17.8 Å². The second-order valence-corrected chi connectivity index (χ2v) is 8.16. The van der Waals surface area contributed by atoms with Crippen LogP contribution in [0.4, 0.5) is 4.79 Å². The number of aromatic carboxylic acids is 1. The minimum atomic E-state index is -1.04. The Morgan fingerprint density at radius 1 is 1.09 bits per heavy atom. The van der Waals surface area contributed by atoms with Gasteiger partial charge in [0.2, 0.25) is 0 Å². The summed E-state index contributed by atoms with van der Waals surface area (Å²) in [5.41, 5.74) is 1.80. The van der Waals surface area contributed by atoms with Crippen LogP contribution in [0.15, 0.2) is 59.7 Å². The molecule has 10 heteroatoms. The van der Waals surface area contributed by atoms with E-state index in [2.05, 4.69) is 15.4 Å². The number of alkyl carbamates (subject to hydrolysis) is 1. The number of carbonyl (C=O) groups is 2. The van der Waals surface area contributed by atoms with Gasteiger partial charge in [0.25, 0.3) is 5.56 Å². The van der Waals surface area contributed by atoms with Gasteiger partial charge in [0.15, 0.2) is 0 Å². The topological polar surface area (TPSA) is 123 Å². The molecule has 2 aromatic heterocycles. The number of aromatic nitrogens is 3. The van der Waals surface area contributed by atoms with Crippen LogP contribution in [-0.4, -0.2) is 56.4 Å². The number of rotatable bonds is 6. The maximum Gasteiger partial charge on any atom is 0.407 e. The summed E-state index contributed by atoms with van der Waals surface area (Å²) >= 11 is 0. The van der Waals surface area contributed by atoms with Crippen LogP contribution < -0.4 is 10.9 Å². The van der Waals surface area contributed by atoms with Crippen LogP contribution in [-0.2, 0) is 17.8 Å². The van der Waals surface area contributed by atoms with E-state index in [0.29, 0.717) is 16.8 Å². The summed E-state index contributed by atoms with van der Waals surface area (Å²) in [6, 6.07) is 11.2. The normalized spacial score (nSPS) is 10.8. The average Bonchev–Trinajstić information content (AvgIpc) is 2.73. The van der Waals surface area contributed by atoms with Crippen molar-refractivity contribution < 1.29 is 19.4 Å². The predicted octanol–water partition coefficient (Wildman–Crippen LogP) is 2.70. The molecule has 167 valence electrons. The molecule has 3 rings (SSSR count). The minimum absolute atomic E-state index is 0. The number of carboxylic acids is 1. The molecular weight excluding hydrogens is 419 g/mol. The van der Waals surface area contributed by atoms with E-state index in [1.807, 2.05) is 6.07 Å². The van der Waals surface area contributed by atoms with Gasteiger partial charge in [-0.05, 0) is 56.2 Å². The molecule has 1 amide bonds. The fourth-order valence-corrected chi connectivity index (χ4v) is 2.90. The van der Waals surface area contributed by atoms with Crippen LogP contribution in [0.25, 0.3) is 11.3 Å². The third-order valence-corrected chi connectivity index (χ3v) is 4.30. The Balaban J connectivity index is 0.00000385. The van der Waals surface area contributed by atoms with Crippen molar-refractivity contribution in [2.75, 3.05) is 0 Å². The zero-order valence-electron chi connectivity index (χ0n) is 19.0. The van der Waals surface area contributed by atoms with Crippen molar-refractivity contribution in [2.45, 2.75) is 39.5 Å². The Kier molecular flexibility index (Phi) is 8.57. The van der Waals surface area contributed by atoms with Gasteiger partial charge in [0, 0.05) is 49.4 Å². The van der Waals surface area contributed by atoms with Crippen LogP contribution in [0.1, 0.15) is 42.3 Å². The number of hydrogen-bond acceptors (Lipinski definition) is 6. The number of carbonyl (C=O) groups excluding carboxylic acids is 1. The van der Waals surface area contributed by atoms with E-state index in [4.69, 9.17) is 9.84 Å². The minimum Gasteiger partial charge on any atom is -0.478 e. The first kappa shape index (κ1) is 25.8. The Labute approximate surface area is 203 Å². The van der Waals surface area contributed by atoms with Crippen molar-refractivity contribution in [2.24, 2.45) is 0 Å². The molecule has 0 saturated heterocycles. The smallest absolute Gasteiger partial charge is 0.407 e. The molecule has 1 aromatic carbocycles. The largest absolute Gasteiger partial charge is 0.478 e. The van der Waals surface area contributed by atoms with Crippen molar-refractivity contribution in [3.05, 3.63) is 81.9 Å². The van der Waals surface area contributed by atoms with Crippen LogP contribution in [0.2, 0.25) is 0 Å². The number of amides is 1. The van der Waals surface area contributed by atoms with Gasteiger partial charge in [-0.2, -0.15) is 5.10 Å². The second kappa shape index (κ2) is 10.9. The van der Waals surface area contributed by atoms with Crippen molar-refractivity contribution in [3.8, 4) is 11.3 Å². The summed E-state index contributed by atoms with van der Waals surface area (Å²) in [6.45, 7) is 5.70. The molecule has 33 heavy (non-hydrogen) atoms. The summed E-state index contributed by atoms with van der Waals surface area (Å²) in [4.78, 5) is 39.5. The third kappa shape index (κ3) is 7.59. The molecule has 9 nitrogen and oxygen atoms in total. The molecule has 0 saturated carbocycles. The average molecular weight is 443 g/mol. The molecule has 0 fully saturated rings. The zero-order chi connectivity index (χ0) is 23.3. The zero-order valence-corrected chi connectivity index (χ0v) is 19.0. The molecule has 3 aromatic rings. The Morgan fingerprint density at radius 3 is 2.55 bits per heavy atom. The van der Waals surface area contributed by atoms with E-state index in [9.17, 15) is 14.4 Å². The number of carboxylic acid groups (broad SMARTS) is 1. The van der Waals surface area contributed by atoms with E-state index >= 15 is 0 Å². The van der Waals surface area contributed by atoms with Gasteiger partial charge >= 0.3 is 12.1 Å². The molecule has 2 N–H and O–H groups in total. The fraction of sp³-hybridized carbons (Fsp3) is 0.261. The van der Waals surface area contributed by atoms with Crippen molar-refractivity contribution >= 4 is 30.9 Å².